The SMILES string of the molecule is CC(C)CN1C(=O)c2ccc(C(=O)Nc3cc([N+](=O)[O-])ccc3Cl)cc2C1=O. The molecule has 1 N–H and O–H groups in total. The van der Waals surface area contributed by atoms with Gasteiger partial charge in [0, 0.05) is 24.2 Å². The van der Waals surface area contributed by atoms with Gasteiger partial charge in [-0.05, 0) is 30.2 Å². The maximum Gasteiger partial charge on any atom is 0.271 e. The van der Waals surface area contributed by atoms with E-state index in [1.54, 1.807) is 0 Å². The number of nitrogens with zero attached hydrogens (tertiary/aromatic N) is 2. The van der Waals surface area contributed by atoms with Crippen molar-refractivity contribution in [2.75, 3.05) is 11.9 Å². The van der Waals surface area contributed by atoms with Gasteiger partial charge in [0.05, 0.1) is 26.8 Å². The lowest BCUT2D eigenvalue weighted by molar-refractivity contribution is -0.384. The van der Waals surface area contributed by atoms with Crippen molar-refractivity contribution in [1.29, 1.82) is 0 Å². The molecule has 2 aromatic carbocycles. The molecular weight excluding hydrogens is 386 g/mol. The van der Waals surface area contributed by atoms with Crippen LogP contribution in [0.4, 0.5) is 11.4 Å². The maximum absolute atomic E-state index is 12.5. The van der Waals surface area contributed by atoms with Crippen LogP contribution in [-0.4, -0.2) is 34.1 Å². The highest BCUT2D eigenvalue weighted by atomic mass is 35.5. The van der Waals surface area contributed by atoms with Crippen LogP contribution in [0.25, 0.3) is 0 Å². The average Bonchev–Trinajstić information content (AvgIpc) is 2.87. The topological polar surface area (TPSA) is 110 Å². The van der Waals surface area contributed by atoms with Gasteiger partial charge >= 0.3 is 0 Å². The molecule has 0 saturated heterocycles. The van der Waals surface area contributed by atoms with Crippen molar-refractivity contribution in [3.05, 3.63) is 68.2 Å². The average molecular weight is 402 g/mol. The fraction of sp³-hybridized carbons (Fsp3) is 0.211. The summed E-state index contributed by atoms with van der Waals surface area (Å²) >= 11 is 5.99. The van der Waals surface area contributed by atoms with Crippen LogP contribution in [-0.2, 0) is 0 Å². The quantitative estimate of drug-likeness (QED) is 0.466. The summed E-state index contributed by atoms with van der Waals surface area (Å²) in [6.45, 7) is 4.08. The van der Waals surface area contributed by atoms with Crippen molar-refractivity contribution in [3.63, 3.8) is 0 Å². The van der Waals surface area contributed by atoms with E-state index in [2.05, 4.69) is 5.32 Å². The Bertz CT molecular complexity index is 1020. The van der Waals surface area contributed by atoms with E-state index in [1.807, 2.05) is 13.8 Å². The third-order valence-corrected chi connectivity index (χ3v) is 4.52. The number of non-ortho nitro benzene ring substituents is 1. The lowest BCUT2D eigenvalue weighted by Crippen LogP contribution is -2.33. The first-order valence-corrected chi connectivity index (χ1v) is 8.82. The number of hydrogen-bond acceptors (Lipinski definition) is 5. The van der Waals surface area contributed by atoms with Crippen LogP contribution in [0.3, 0.4) is 0 Å². The molecule has 0 bridgehead atoms. The second kappa shape index (κ2) is 7.40. The van der Waals surface area contributed by atoms with Crippen LogP contribution in [0.5, 0.6) is 0 Å². The molecule has 1 aliphatic rings. The third kappa shape index (κ3) is 3.59. The van der Waals surface area contributed by atoms with Crippen molar-refractivity contribution >= 4 is 40.7 Å². The Labute approximate surface area is 165 Å². The molecular formula is C19H16ClN3O5. The predicted molar refractivity (Wildman–Crippen MR) is 103 cm³/mol. The highest BCUT2D eigenvalue weighted by Gasteiger charge is 2.36. The molecule has 144 valence electrons. The standard InChI is InChI=1S/C19H16ClN3O5/c1-10(2)9-22-18(25)13-5-3-11(7-14(13)19(22)26)17(24)21-16-8-12(23(27)28)4-6-15(16)20/h3-8,10H,9H2,1-2H3,(H,21,24). The van der Waals surface area contributed by atoms with Gasteiger partial charge in [-0.1, -0.05) is 25.4 Å². The van der Waals surface area contributed by atoms with Crippen LogP contribution >= 0.6 is 11.6 Å². The molecule has 1 aliphatic heterocycles. The van der Waals surface area contributed by atoms with Crippen LogP contribution < -0.4 is 5.32 Å². The highest BCUT2D eigenvalue weighted by molar-refractivity contribution is 6.34. The molecule has 0 radical (unpaired) electrons. The lowest BCUT2D eigenvalue weighted by atomic mass is 10.1. The van der Waals surface area contributed by atoms with E-state index in [9.17, 15) is 24.5 Å². The first-order chi connectivity index (χ1) is 13.2. The summed E-state index contributed by atoms with van der Waals surface area (Å²) in [4.78, 5) is 48.9. The van der Waals surface area contributed by atoms with Crippen LogP contribution in [0.2, 0.25) is 5.02 Å². The Morgan fingerprint density at radius 2 is 1.82 bits per heavy atom. The van der Waals surface area contributed by atoms with Gasteiger partial charge in [-0.2, -0.15) is 0 Å². The van der Waals surface area contributed by atoms with Gasteiger partial charge in [0.25, 0.3) is 23.4 Å². The molecule has 8 nitrogen and oxygen atoms in total. The first-order valence-electron chi connectivity index (χ1n) is 8.44. The number of nitro groups is 1. The van der Waals surface area contributed by atoms with Gasteiger partial charge in [-0.25, -0.2) is 0 Å². The van der Waals surface area contributed by atoms with Gasteiger partial charge in [0.1, 0.15) is 0 Å². The fourth-order valence-corrected chi connectivity index (χ4v) is 3.04. The number of carbonyl (C=O) groups excluding carboxylic acids is 3. The lowest BCUT2D eigenvalue weighted by Gasteiger charge is -2.15. The van der Waals surface area contributed by atoms with E-state index in [0.29, 0.717) is 0 Å². The molecule has 2 aromatic rings. The number of rotatable bonds is 5. The van der Waals surface area contributed by atoms with E-state index in [4.69, 9.17) is 11.6 Å². The molecule has 0 unspecified atom stereocenters. The molecule has 9 heteroatoms. The largest absolute Gasteiger partial charge is 0.320 e. The molecule has 0 aliphatic carbocycles. The zero-order valence-corrected chi connectivity index (χ0v) is 15.8. The predicted octanol–water partition coefficient (Wildman–Crippen LogP) is 3.75. The van der Waals surface area contributed by atoms with Gasteiger partial charge in [0.2, 0.25) is 0 Å². The Morgan fingerprint density at radius 3 is 2.46 bits per heavy atom. The van der Waals surface area contributed by atoms with E-state index in [0.717, 1.165) is 11.0 Å². The van der Waals surface area contributed by atoms with Crippen molar-refractivity contribution in [3.8, 4) is 0 Å². The van der Waals surface area contributed by atoms with Gasteiger partial charge in [0.15, 0.2) is 0 Å². The molecule has 0 spiro atoms. The minimum atomic E-state index is -0.604. The number of benzene rings is 2. The Morgan fingerprint density at radius 1 is 1.14 bits per heavy atom. The van der Waals surface area contributed by atoms with Crippen LogP contribution in [0.1, 0.15) is 44.9 Å². The Hall–Kier alpha value is -3.26. The van der Waals surface area contributed by atoms with Crippen molar-refractivity contribution in [2.45, 2.75) is 13.8 Å². The smallest absolute Gasteiger partial charge is 0.271 e. The highest BCUT2D eigenvalue weighted by Crippen LogP contribution is 2.28. The summed E-state index contributed by atoms with van der Waals surface area (Å²) in [6, 6.07) is 7.87. The first kappa shape index (κ1) is 19.5. The van der Waals surface area contributed by atoms with Gasteiger partial charge in [-0.3, -0.25) is 29.4 Å². The number of amides is 3. The molecule has 3 amide bonds. The monoisotopic (exact) mass is 401 g/mol. The number of halogens is 1. The zero-order chi connectivity index (χ0) is 20.6. The summed E-state index contributed by atoms with van der Waals surface area (Å²) in [5.74, 6) is -1.33. The van der Waals surface area contributed by atoms with Crippen molar-refractivity contribution in [1.82, 2.24) is 4.90 Å². The molecule has 0 saturated carbocycles. The van der Waals surface area contributed by atoms with E-state index in [1.165, 1.54) is 30.3 Å². The Balaban J connectivity index is 1.87. The van der Waals surface area contributed by atoms with Crippen LogP contribution in [0, 0.1) is 16.0 Å². The van der Waals surface area contributed by atoms with Crippen LogP contribution in [0.15, 0.2) is 36.4 Å². The van der Waals surface area contributed by atoms with Gasteiger partial charge in [-0.15, -0.1) is 0 Å². The molecule has 0 fully saturated rings. The second-order valence-corrected chi connectivity index (χ2v) is 7.16. The van der Waals surface area contributed by atoms with E-state index < -0.39 is 16.7 Å². The number of imide groups is 1. The summed E-state index contributed by atoms with van der Waals surface area (Å²) in [5.41, 5.74) is 0.386. The molecule has 28 heavy (non-hydrogen) atoms. The number of nitrogens with one attached hydrogen (secondary N) is 1. The minimum Gasteiger partial charge on any atom is -0.320 e. The number of fused-ring (bicyclic) bond motifs is 1. The summed E-state index contributed by atoms with van der Waals surface area (Å²) in [7, 11) is 0. The molecule has 0 aromatic heterocycles. The third-order valence-electron chi connectivity index (χ3n) is 4.19. The number of anilines is 1. The summed E-state index contributed by atoms with van der Waals surface area (Å²) < 4.78 is 0. The molecule has 1 heterocycles. The summed E-state index contributed by atoms with van der Waals surface area (Å²) in [6.07, 6.45) is 0. The minimum absolute atomic E-state index is 0.0743. The number of hydrogen-bond donors (Lipinski definition) is 1. The van der Waals surface area contributed by atoms with E-state index in [-0.39, 0.29) is 51.5 Å². The summed E-state index contributed by atoms with van der Waals surface area (Å²) in [5, 5.41) is 13.5. The Kier molecular flexibility index (Phi) is 5.15. The number of carbonyl (C=O) groups is 3. The van der Waals surface area contributed by atoms with Crippen molar-refractivity contribution in [2.24, 2.45) is 5.92 Å². The second-order valence-electron chi connectivity index (χ2n) is 6.75. The van der Waals surface area contributed by atoms with E-state index >= 15 is 0 Å². The fourth-order valence-electron chi connectivity index (χ4n) is 2.88. The zero-order valence-electron chi connectivity index (χ0n) is 15.1. The maximum atomic E-state index is 12.5. The normalized spacial score (nSPS) is 13.1. The van der Waals surface area contributed by atoms with Crippen molar-refractivity contribution < 1.29 is 19.3 Å². The number of nitro benzene ring substituents is 1. The molecule has 3 rings (SSSR count). The molecule has 0 atom stereocenters. The van der Waals surface area contributed by atoms with Gasteiger partial charge < -0.3 is 5.32 Å².